The zero-order chi connectivity index (χ0) is 79.9. The zero-order valence-electron chi connectivity index (χ0n) is 65.9. The monoisotopic (exact) mass is 1550 g/mol. The lowest BCUT2D eigenvalue weighted by molar-refractivity contribution is 0.442. The Hall–Kier alpha value is -16.1. The smallest absolute Gasteiger partial charge is 0.161 e. The first-order chi connectivity index (χ1) is 60.5. The highest BCUT2D eigenvalue weighted by Crippen LogP contribution is 2.67. The lowest BCUT2D eigenvalue weighted by Crippen LogP contribution is -2.32. The fourth-order valence-electron chi connectivity index (χ4n) is 21.5. The van der Waals surface area contributed by atoms with Crippen LogP contribution in [-0.2, 0) is 10.8 Å². The van der Waals surface area contributed by atoms with Crippen molar-refractivity contribution in [3.8, 4) is 135 Å². The van der Waals surface area contributed by atoms with Gasteiger partial charge >= 0.3 is 0 Å². The first kappa shape index (κ1) is 68.0. The van der Waals surface area contributed by atoms with Gasteiger partial charge in [-0.05, 0) is 156 Å². The third-order valence-electron chi connectivity index (χ3n) is 26.5. The molecular formula is C115H69N5O2. The van der Waals surface area contributed by atoms with Gasteiger partial charge in [-0.25, -0.2) is 15.0 Å². The topological polar surface area (TPSA) is 67.0 Å². The molecule has 0 saturated heterocycles. The van der Waals surface area contributed by atoms with Crippen LogP contribution >= 0.6 is 0 Å². The SMILES string of the molecule is c1ccc(-c2cc(-c3ccccc3)nc(-c3ccc(-n4c5ccccc5c5c6c(ccc54)C4(c5ccccc5O6)c5ccccc5-c5c(-c6ccc7c(c6)c6c8c(ccc6n7-c6ccc(-c7nc(-c9ccccc9)cc(-c9ccccc9)n7)c7ccccc67)C6(c7ccccc7O8)c7ccccc7-c7ccccc76)cccc54)c4ccccc34)c2)cc1. The van der Waals surface area contributed by atoms with E-state index in [4.69, 9.17) is 24.4 Å². The summed E-state index contributed by atoms with van der Waals surface area (Å²) < 4.78 is 20.4. The molecule has 22 aromatic rings. The van der Waals surface area contributed by atoms with E-state index >= 15 is 0 Å². The second-order valence-electron chi connectivity index (χ2n) is 32.6. The summed E-state index contributed by atoms with van der Waals surface area (Å²) in [6, 6.07) is 153. The van der Waals surface area contributed by atoms with Crippen LogP contribution < -0.4 is 9.47 Å². The van der Waals surface area contributed by atoms with E-state index in [9.17, 15) is 0 Å². The van der Waals surface area contributed by atoms with E-state index in [2.05, 4.69) is 428 Å². The molecule has 2 aliphatic carbocycles. The van der Waals surface area contributed by atoms with Gasteiger partial charge in [0.25, 0.3) is 0 Å². The van der Waals surface area contributed by atoms with Crippen LogP contribution in [0.5, 0.6) is 23.0 Å². The van der Waals surface area contributed by atoms with Gasteiger partial charge in [-0.15, -0.1) is 0 Å². The summed E-state index contributed by atoms with van der Waals surface area (Å²) >= 11 is 0. The maximum absolute atomic E-state index is 7.74. The zero-order valence-corrected chi connectivity index (χ0v) is 65.9. The molecule has 2 aliphatic heterocycles. The number of fused-ring (bicyclic) bond motifs is 28. The second kappa shape index (κ2) is 26.2. The minimum atomic E-state index is -0.829. The van der Waals surface area contributed by atoms with Crippen molar-refractivity contribution in [3.63, 3.8) is 0 Å². The van der Waals surface area contributed by atoms with Gasteiger partial charge in [0, 0.05) is 71.6 Å². The van der Waals surface area contributed by atoms with Crippen molar-refractivity contribution in [2.24, 2.45) is 0 Å². The molecule has 0 N–H and O–H groups in total. The standard InChI is InChI=1S/C115H69N5O2/c1-5-30-70(31-6-1)75-67-96(71-32-7-2-8-33-71)116-99(68-75)81-57-62-101(82-42-15-13-38-77(81)82)119-100-53-26-20-45-86(100)109-104(119)64-60-95-111(109)121-107-55-28-25-51-92(107)115(95)90-49-23-19-44-85(90)108-76(46-29-52-93(108)115)74-56-61-103-87(66-74)110-105(65-59-94-112(110)122-106-54-27-24-50-91(106)114(94)88-47-21-17-40-79(88)80-41-18-22-48-89(80)114)120(103)102-63-58-84(78-39-14-16-43-83(78)102)113-117-97(72-34-9-3-10-35-72)69-98(118-113)73-36-11-4-12-37-73/h1-69H. The molecule has 1 atom stereocenters. The number of para-hydroxylation sites is 3. The number of ether oxygens (including phenoxy) is 2. The quantitative estimate of drug-likeness (QED) is 0.144. The molecule has 7 heteroatoms. The molecule has 0 bridgehead atoms. The fraction of sp³-hybridized carbons (Fsp3) is 0.0174. The van der Waals surface area contributed by atoms with Crippen LogP contribution in [0, 0.1) is 0 Å². The first-order valence-electron chi connectivity index (χ1n) is 41.9. The Morgan fingerprint density at radius 1 is 0.205 bits per heavy atom. The van der Waals surface area contributed by atoms with Crippen LogP contribution in [0.15, 0.2) is 419 Å². The predicted octanol–water partition coefficient (Wildman–Crippen LogP) is 29.0. The second-order valence-corrected chi connectivity index (χ2v) is 32.6. The molecule has 4 aliphatic rings. The summed E-state index contributed by atoms with van der Waals surface area (Å²) in [5.74, 6) is 3.99. The van der Waals surface area contributed by atoms with Crippen LogP contribution in [0.3, 0.4) is 0 Å². The van der Waals surface area contributed by atoms with E-state index in [-0.39, 0.29) is 0 Å². The lowest BCUT2D eigenvalue weighted by atomic mass is 9.65. The van der Waals surface area contributed by atoms with Crippen molar-refractivity contribution in [3.05, 3.63) is 463 Å². The van der Waals surface area contributed by atoms with Crippen molar-refractivity contribution in [1.82, 2.24) is 24.1 Å². The van der Waals surface area contributed by atoms with Gasteiger partial charge in [-0.3, -0.25) is 0 Å². The number of aromatic nitrogens is 5. The van der Waals surface area contributed by atoms with Gasteiger partial charge < -0.3 is 18.6 Å². The summed E-state index contributed by atoms with van der Waals surface area (Å²) in [4.78, 5) is 16.3. The normalized spacial score (nSPS) is 14.1. The molecule has 0 amide bonds. The molecule has 26 rings (SSSR count). The summed E-state index contributed by atoms with van der Waals surface area (Å²) in [5.41, 5.74) is 32.0. The van der Waals surface area contributed by atoms with Crippen LogP contribution in [0.1, 0.15) is 44.5 Å². The van der Waals surface area contributed by atoms with E-state index in [1.54, 1.807) is 0 Å². The number of rotatable bonds is 9. The van der Waals surface area contributed by atoms with Crippen molar-refractivity contribution in [1.29, 1.82) is 0 Å². The molecule has 0 fully saturated rings. The Balaban J connectivity index is 0.688. The van der Waals surface area contributed by atoms with Gasteiger partial charge in [0.2, 0.25) is 0 Å². The van der Waals surface area contributed by atoms with Gasteiger partial charge in [0.1, 0.15) is 23.0 Å². The van der Waals surface area contributed by atoms with E-state index < -0.39 is 10.8 Å². The molecule has 566 valence electrons. The Bertz CT molecular complexity index is 8050. The minimum Gasteiger partial charge on any atom is -0.456 e. The molecule has 7 nitrogen and oxygen atoms in total. The number of pyridine rings is 1. The average Bonchev–Trinajstić information content (AvgIpc) is 1.50. The highest BCUT2D eigenvalue weighted by atomic mass is 16.5. The first-order valence-corrected chi connectivity index (χ1v) is 41.9. The van der Waals surface area contributed by atoms with E-state index in [1.807, 2.05) is 0 Å². The van der Waals surface area contributed by atoms with E-state index in [0.29, 0.717) is 5.82 Å². The fourth-order valence-corrected chi connectivity index (χ4v) is 21.5. The number of hydrogen-bond donors (Lipinski definition) is 0. The van der Waals surface area contributed by atoms with Crippen molar-refractivity contribution < 1.29 is 9.47 Å². The largest absolute Gasteiger partial charge is 0.456 e. The summed E-state index contributed by atoms with van der Waals surface area (Å²) in [6.07, 6.45) is 0. The molecule has 0 radical (unpaired) electrons. The molecule has 2 spiro atoms. The van der Waals surface area contributed by atoms with E-state index in [0.717, 1.165) is 195 Å². The molecule has 1 unspecified atom stereocenters. The predicted molar refractivity (Wildman–Crippen MR) is 496 cm³/mol. The minimum absolute atomic E-state index is 0.653. The summed E-state index contributed by atoms with van der Waals surface area (Å²) in [5, 5.41) is 8.57. The van der Waals surface area contributed by atoms with Crippen molar-refractivity contribution in [2.75, 3.05) is 0 Å². The van der Waals surface area contributed by atoms with Gasteiger partial charge in [-0.1, -0.05) is 340 Å². The Kier molecular flexibility index (Phi) is 14.6. The Morgan fingerprint density at radius 2 is 0.607 bits per heavy atom. The van der Waals surface area contributed by atoms with Crippen LogP contribution in [0.2, 0.25) is 0 Å². The molecule has 0 saturated carbocycles. The van der Waals surface area contributed by atoms with Crippen LogP contribution in [0.25, 0.3) is 177 Å². The van der Waals surface area contributed by atoms with Crippen molar-refractivity contribution in [2.45, 2.75) is 10.8 Å². The van der Waals surface area contributed by atoms with Crippen LogP contribution in [-0.4, -0.2) is 24.1 Å². The maximum atomic E-state index is 7.74. The summed E-state index contributed by atoms with van der Waals surface area (Å²) in [7, 11) is 0. The van der Waals surface area contributed by atoms with Gasteiger partial charge in [0.05, 0.1) is 77.8 Å². The highest BCUT2D eigenvalue weighted by Gasteiger charge is 2.54. The van der Waals surface area contributed by atoms with Gasteiger partial charge in [0.15, 0.2) is 5.82 Å². The molecule has 6 heterocycles. The highest BCUT2D eigenvalue weighted by molar-refractivity contribution is 6.19. The molecular weight excluding hydrogens is 1480 g/mol. The number of benzene rings is 18. The number of nitrogens with zero attached hydrogens (tertiary/aromatic N) is 5. The maximum Gasteiger partial charge on any atom is 0.161 e. The molecule has 122 heavy (non-hydrogen) atoms. The average molecular weight is 1550 g/mol. The third-order valence-corrected chi connectivity index (χ3v) is 26.5. The van der Waals surface area contributed by atoms with Crippen LogP contribution in [0.4, 0.5) is 0 Å². The number of hydrogen-bond acceptors (Lipinski definition) is 5. The molecule has 18 aromatic carbocycles. The summed E-state index contributed by atoms with van der Waals surface area (Å²) in [6.45, 7) is 0. The van der Waals surface area contributed by atoms with E-state index in [1.165, 1.54) is 44.5 Å². The third kappa shape index (κ3) is 9.58. The van der Waals surface area contributed by atoms with Gasteiger partial charge in [-0.2, -0.15) is 0 Å². The van der Waals surface area contributed by atoms with Crippen molar-refractivity contribution >= 4 is 65.2 Å². The Labute approximate surface area is 703 Å². The lowest BCUT2D eigenvalue weighted by Gasteiger charge is -2.39. The molecule has 4 aromatic heterocycles. The Morgan fingerprint density at radius 3 is 1.18 bits per heavy atom.